The Morgan fingerprint density at radius 1 is 1.26 bits per heavy atom. The van der Waals surface area contributed by atoms with Crippen molar-refractivity contribution in [3.63, 3.8) is 0 Å². The maximum atomic E-state index is 12.6. The van der Waals surface area contributed by atoms with Gasteiger partial charge in [0.15, 0.2) is 0 Å². The number of urea groups is 1. The third-order valence-corrected chi connectivity index (χ3v) is 5.23. The highest BCUT2D eigenvalue weighted by Gasteiger charge is 2.54. The topological polar surface area (TPSA) is 85.8 Å². The van der Waals surface area contributed by atoms with Gasteiger partial charge >= 0.3 is 6.03 Å². The lowest BCUT2D eigenvalue weighted by atomic mass is 9.85. The van der Waals surface area contributed by atoms with E-state index in [1.54, 1.807) is 25.1 Å². The third kappa shape index (κ3) is 3.48. The van der Waals surface area contributed by atoms with Crippen LogP contribution in [0, 0.1) is 5.92 Å². The minimum absolute atomic E-state index is 0.144. The summed E-state index contributed by atoms with van der Waals surface area (Å²) in [5, 5.41) is 2.49. The lowest BCUT2D eigenvalue weighted by Gasteiger charge is -2.43. The molecule has 0 aliphatic carbocycles. The molecule has 1 N–H and O–H groups in total. The SMILES string of the molecule is CC(C)CN1C(=O)NC(=O)C12CCN(c1cccc(C(=O)N(C)C)n1)CC2. The number of anilines is 1. The maximum absolute atomic E-state index is 12.6. The van der Waals surface area contributed by atoms with E-state index in [-0.39, 0.29) is 23.8 Å². The number of imide groups is 1. The van der Waals surface area contributed by atoms with Gasteiger partial charge < -0.3 is 14.7 Å². The van der Waals surface area contributed by atoms with Crippen LogP contribution in [0.15, 0.2) is 18.2 Å². The Morgan fingerprint density at radius 2 is 1.93 bits per heavy atom. The zero-order chi connectivity index (χ0) is 19.8. The summed E-state index contributed by atoms with van der Waals surface area (Å²) in [6.07, 6.45) is 1.09. The van der Waals surface area contributed by atoms with Crippen molar-refractivity contribution in [1.29, 1.82) is 0 Å². The largest absolute Gasteiger partial charge is 0.356 e. The first kappa shape index (κ1) is 19.1. The normalized spacial score (nSPS) is 19.0. The fourth-order valence-corrected chi connectivity index (χ4v) is 3.77. The molecule has 2 aliphatic rings. The predicted molar refractivity (Wildman–Crippen MR) is 102 cm³/mol. The van der Waals surface area contributed by atoms with Gasteiger partial charge in [-0.1, -0.05) is 19.9 Å². The van der Waals surface area contributed by atoms with Gasteiger partial charge in [-0.3, -0.25) is 14.9 Å². The molecule has 4 amide bonds. The smallest absolute Gasteiger partial charge is 0.325 e. The molecule has 1 aromatic heterocycles. The molecule has 1 spiro atoms. The van der Waals surface area contributed by atoms with Crippen molar-refractivity contribution in [2.24, 2.45) is 5.92 Å². The summed E-state index contributed by atoms with van der Waals surface area (Å²) in [5.41, 5.74) is -0.373. The monoisotopic (exact) mass is 373 g/mol. The number of nitrogens with one attached hydrogen (secondary N) is 1. The predicted octanol–water partition coefficient (Wildman–Crippen LogP) is 1.33. The zero-order valence-corrected chi connectivity index (χ0v) is 16.4. The molecule has 3 heterocycles. The highest BCUT2D eigenvalue weighted by Crippen LogP contribution is 2.35. The van der Waals surface area contributed by atoms with Crippen LogP contribution in [0.5, 0.6) is 0 Å². The second-order valence-corrected chi connectivity index (χ2v) is 7.86. The molecule has 146 valence electrons. The lowest BCUT2D eigenvalue weighted by molar-refractivity contribution is -0.127. The Labute approximate surface area is 159 Å². The van der Waals surface area contributed by atoms with Gasteiger partial charge in [0, 0.05) is 33.7 Å². The average molecular weight is 373 g/mol. The summed E-state index contributed by atoms with van der Waals surface area (Å²) in [5.74, 6) is 0.663. The van der Waals surface area contributed by atoms with E-state index in [1.165, 1.54) is 4.90 Å². The zero-order valence-electron chi connectivity index (χ0n) is 16.4. The number of piperidine rings is 1. The van der Waals surface area contributed by atoms with Crippen LogP contribution in [0.4, 0.5) is 10.6 Å². The number of pyridine rings is 1. The first-order chi connectivity index (χ1) is 12.7. The van der Waals surface area contributed by atoms with Gasteiger partial charge in [-0.25, -0.2) is 9.78 Å². The molecule has 8 heteroatoms. The summed E-state index contributed by atoms with van der Waals surface area (Å²) < 4.78 is 0. The van der Waals surface area contributed by atoms with Crippen molar-refractivity contribution in [3.8, 4) is 0 Å². The first-order valence-electron chi connectivity index (χ1n) is 9.31. The molecule has 0 saturated carbocycles. The fraction of sp³-hybridized carbons (Fsp3) is 0.579. The molecule has 0 atom stereocenters. The van der Waals surface area contributed by atoms with Crippen LogP contribution in [0.1, 0.15) is 37.2 Å². The quantitative estimate of drug-likeness (QED) is 0.805. The summed E-state index contributed by atoms with van der Waals surface area (Å²) in [6.45, 7) is 5.83. The van der Waals surface area contributed by atoms with E-state index in [0.717, 1.165) is 5.82 Å². The summed E-state index contributed by atoms with van der Waals surface area (Å²) in [7, 11) is 3.39. The molecule has 2 fully saturated rings. The molecule has 0 aromatic carbocycles. The van der Waals surface area contributed by atoms with Crippen molar-refractivity contribution in [3.05, 3.63) is 23.9 Å². The van der Waals surface area contributed by atoms with Crippen LogP contribution >= 0.6 is 0 Å². The van der Waals surface area contributed by atoms with E-state index in [2.05, 4.69) is 15.2 Å². The summed E-state index contributed by atoms with van der Waals surface area (Å²) >= 11 is 0. The lowest BCUT2D eigenvalue weighted by Crippen LogP contribution is -2.57. The number of hydrogen-bond acceptors (Lipinski definition) is 5. The van der Waals surface area contributed by atoms with Gasteiger partial charge in [0.1, 0.15) is 17.1 Å². The minimum atomic E-state index is -0.769. The highest BCUT2D eigenvalue weighted by atomic mass is 16.2. The van der Waals surface area contributed by atoms with Crippen LogP contribution in [-0.4, -0.2) is 71.9 Å². The molecule has 2 saturated heterocycles. The van der Waals surface area contributed by atoms with Crippen LogP contribution in [-0.2, 0) is 4.79 Å². The number of nitrogens with zero attached hydrogens (tertiary/aromatic N) is 4. The fourth-order valence-electron chi connectivity index (χ4n) is 3.77. The molecule has 2 aliphatic heterocycles. The van der Waals surface area contributed by atoms with E-state index in [9.17, 15) is 14.4 Å². The van der Waals surface area contributed by atoms with Crippen molar-refractivity contribution in [2.45, 2.75) is 32.2 Å². The average Bonchev–Trinajstić information content (AvgIpc) is 2.85. The third-order valence-electron chi connectivity index (χ3n) is 5.23. The number of aromatic nitrogens is 1. The van der Waals surface area contributed by atoms with Gasteiger partial charge in [0.25, 0.3) is 11.8 Å². The van der Waals surface area contributed by atoms with Gasteiger partial charge in [-0.05, 0) is 30.9 Å². The molecule has 0 unspecified atom stereocenters. The number of hydrogen-bond donors (Lipinski definition) is 1. The summed E-state index contributed by atoms with van der Waals surface area (Å²) in [6, 6.07) is 5.10. The van der Waals surface area contributed by atoms with Gasteiger partial charge in [-0.15, -0.1) is 0 Å². The van der Waals surface area contributed by atoms with Crippen LogP contribution in [0.2, 0.25) is 0 Å². The maximum Gasteiger partial charge on any atom is 0.325 e. The standard InChI is InChI=1S/C19H27N5O3/c1-13(2)12-24-18(27)21-17(26)19(24)8-10-23(11-9-19)15-7-5-6-14(20-15)16(25)22(3)4/h5-7,13H,8-12H2,1-4H3,(H,21,26,27). The van der Waals surface area contributed by atoms with E-state index < -0.39 is 5.54 Å². The highest BCUT2D eigenvalue weighted by molar-refractivity contribution is 6.07. The van der Waals surface area contributed by atoms with Crippen molar-refractivity contribution >= 4 is 23.7 Å². The van der Waals surface area contributed by atoms with Crippen molar-refractivity contribution in [1.82, 2.24) is 20.1 Å². The number of carbonyl (C=O) groups excluding carboxylic acids is 3. The Hall–Kier alpha value is -2.64. The van der Waals surface area contributed by atoms with E-state index >= 15 is 0 Å². The Balaban J connectivity index is 1.77. The van der Waals surface area contributed by atoms with Crippen molar-refractivity contribution < 1.29 is 14.4 Å². The Kier molecular flexibility index (Phi) is 5.08. The molecule has 0 radical (unpaired) electrons. The molecule has 0 bridgehead atoms. The number of rotatable bonds is 4. The molecule has 3 rings (SSSR count). The number of carbonyl (C=O) groups is 3. The second kappa shape index (κ2) is 7.17. The van der Waals surface area contributed by atoms with Gasteiger partial charge in [0.05, 0.1) is 0 Å². The van der Waals surface area contributed by atoms with Gasteiger partial charge in [-0.2, -0.15) is 0 Å². The molecule has 8 nitrogen and oxygen atoms in total. The Bertz CT molecular complexity index is 753. The van der Waals surface area contributed by atoms with Crippen molar-refractivity contribution in [2.75, 3.05) is 38.6 Å². The number of amides is 4. The molecular formula is C19H27N5O3. The van der Waals surface area contributed by atoms with E-state index in [1.807, 2.05) is 26.0 Å². The van der Waals surface area contributed by atoms with Gasteiger partial charge in [0.2, 0.25) is 0 Å². The molecular weight excluding hydrogens is 346 g/mol. The minimum Gasteiger partial charge on any atom is -0.356 e. The van der Waals surface area contributed by atoms with Crippen LogP contribution in [0.25, 0.3) is 0 Å². The van der Waals surface area contributed by atoms with E-state index in [0.29, 0.717) is 38.2 Å². The Morgan fingerprint density at radius 3 is 2.52 bits per heavy atom. The summed E-state index contributed by atoms with van der Waals surface area (Å²) in [4.78, 5) is 46.7. The first-order valence-corrected chi connectivity index (χ1v) is 9.31. The molecule has 27 heavy (non-hydrogen) atoms. The van der Waals surface area contributed by atoms with E-state index in [4.69, 9.17) is 0 Å². The van der Waals surface area contributed by atoms with Crippen LogP contribution < -0.4 is 10.2 Å². The molecule has 1 aromatic rings. The second-order valence-electron chi connectivity index (χ2n) is 7.86. The van der Waals surface area contributed by atoms with Crippen LogP contribution in [0.3, 0.4) is 0 Å².